The minimum absolute atomic E-state index is 0.455. The largest absolute Gasteiger partial charge is 0.851 e. The van der Waals surface area contributed by atoms with Gasteiger partial charge in [0.25, 0.3) is 0 Å². The van der Waals surface area contributed by atoms with Crippen LogP contribution in [0.4, 0.5) is 11.4 Å². The van der Waals surface area contributed by atoms with Gasteiger partial charge >= 0.3 is 0 Å². The zero-order valence-electron chi connectivity index (χ0n) is 16.5. The standard InChI is InChI=1S/C22H28N2O2/c1-13-11-15(23(3)4)7-9-17(13)19-21(25)20(22(19)26)18-10-8-16(24(5)6)12-14(18)2/h7-12,19-22H,1-6H3/q-2. The van der Waals surface area contributed by atoms with Crippen molar-refractivity contribution in [1.82, 2.24) is 0 Å². The van der Waals surface area contributed by atoms with Crippen molar-refractivity contribution in [2.24, 2.45) is 0 Å². The van der Waals surface area contributed by atoms with Gasteiger partial charge in [0, 0.05) is 39.6 Å². The zero-order chi connectivity index (χ0) is 19.2. The van der Waals surface area contributed by atoms with Crippen molar-refractivity contribution >= 4 is 11.4 Å². The monoisotopic (exact) mass is 352 g/mol. The Hall–Kier alpha value is -2.04. The molecule has 1 saturated carbocycles. The van der Waals surface area contributed by atoms with Crippen LogP contribution < -0.4 is 20.0 Å². The van der Waals surface area contributed by atoms with Crippen LogP contribution in [-0.2, 0) is 0 Å². The minimum Gasteiger partial charge on any atom is -0.851 e. The van der Waals surface area contributed by atoms with E-state index in [-0.39, 0.29) is 0 Å². The van der Waals surface area contributed by atoms with Crippen molar-refractivity contribution < 1.29 is 10.2 Å². The fourth-order valence-electron chi connectivity index (χ4n) is 4.01. The Morgan fingerprint density at radius 3 is 1.27 bits per heavy atom. The van der Waals surface area contributed by atoms with Gasteiger partial charge in [0.2, 0.25) is 0 Å². The van der Waals surface area contributed by atoms with E-state index in [1.807, 2.05) is 76.1 Å². The number of nitrogens with zero attached hydrogens (tertiary/aromatic N) is 2. The number of benzene rings is 2. The lowest BCUT2D eigenvalue weighted by molar-refractivity contribution is -0.536. The van der Waals surface area contributed by atoms with Crippen LogP contribution in [0.5, 0.6) is 0 Å². The first kappa shape index (κ1) is 18.7. The molecule has 0 heterocycles. The second-order valence-corrected chi connectivity index (χ2v) is 7.85. The van der Waals surface area contributed by atoms with Crippen molar-refractivity contribution in [3.05, 3.63) is 58.7 Å². The van der Waals surface area contributed by atoms with Crippen molar-refractivity contribution in [2.45, 2.75) is 37.9 Å². The SMILES string of the molecule is Cc1cc(N(C)C)ccc1C1C([O-])C(c2ccc(N(C)C)cc2C)C1[O-]. The highest BCUT2D eigenvalue weighted by molar-refractivity contribution is 5.54. The maximum Gasteiger partial charge on any atom is 0.0363 e. The summed E-state index contributed by atoms with van der Waals surface area (Å²) in [7, 11) is 7.95. The number of rotatable bonds is 4. The summed E-state index contributed by atoms with van der Waals surface area (Å²) >= 11 is 0. The van der Waals surface area contributed by atoms with E-state index in [2.05, 4.69) is 12.1 Å². The third-order valence-electron chi connectivity index (χ3n) is 5.67. The second-order valence-electron chi connectivity index (χ2n) is 7.85. The summed E-state index contributed by atoms with van der Waals surface area (Å²) in [6.07, 6.45) is -1.77. The molecule has 0 aromatic heterocycles. The van der Waals surface area contributed by atoms with Gasteiger partial charge in [0.05, 0.1) is 0 Å². The van der Waals surface area contributed by atoms with Gasteiger partial charge in [-0.25, -0.2) is 0 Å². The molecule has 4 heteroatoms. The number of hydrogen-bond acceptors (Lipinski definition) is 4. The zero-order valence-corrected chi connectivity index (χ0v) is 16.5. The molecule has 0 saturated heterocycles. The van der Waals surface area contributed by atoms with Crippen LogP contribution in [0.2, 0.25) is 0 Å². The quantitative estimate of drug-likeness (QED) is 0.842. The summed E-state index contributed by atoms with van der Waals surface area (Å²) in [6, 6.07) is 12.0. The van der Waals surface area contributed by atoms with E-state index in [1.54, 1.807) is 0 Å². The molecule has 0 bridgehead atoms. The highest BCUT2D eigenvalue weighted by atomic mass is 16.3. The van der Waals surface area contributed by atoms with Crippen LogP contribution in [0.1, 0.15) is 34.1 Å². The number of hydrogen-bond donors (Lipinski definition) is 0. The van der Waals surface area contributed by atoms with Crippen LogP contribution in [0, 0.1) is 13.8 Å². The molecule has 0 radical (unpaired) electrons. The predicted molar refractivity (Wildman–Crippen MR) is 104 cm³/mol. The fourth-order valence-corrected chi connectivity index (χ4v) is 4.01. The van der Waals surface area contributed by atoms with E-state index >= 15 is 0 Å². The van der Waals surface area contributed by atoms with Gasteiger partial charge in [-0.3, -0.25) is 0 Å². The topological polar surface area (TPSA) is 52.6 Å². The molecule has 0 unspecified atom stereocenters. The number of aryl methyl sites for hydroxylation is 2. The Morgan fingerprint density at radius 1 is 0.654 bits per heavy atom. The smallest absolute Gasteiger partial charge is 0.0363 e. The fraction of sp³-hybridized carbons (Fsp3) is 0.455. The van der Waals surface area contributed by atoms with E-state index in [4.69, 9.17) is 0 Å². The molecule has 4 nitrogen and oxygen atoms in total. The van der Waals surface area contributed by atoms with Gasteiger partial charge in [-0.15, -0.1) is 12.2 Å². The van der Waals surface area contributed by atoms with Crippen molar-refractivity contribution in [1.29, 1.82) is 0 Å². The van der Waals surface area contributed by atoms with Crippen LogP contribution in [-0.4, -0.2) is 40.4 Å². The molecule has 1 aliphatic carbocycles. The molecule has 1 fully saturated rings. The van der Waals surface area contributed by atoms with E-state index in [0.717, 1.165) is 33.6 Å². The van der Waals surface area contributed by atoms with Crippen molar-refractivity contribution in [2.75, 3.05) is 38.0 Å². The highest BCUT2D eigenvalue weighted by Gasteiger charge is 2.39. The maximum absolute atomic E-state index is 13.0. The average molecular weight is 352 g/mol. The number of anilines is 2. The Morgan fingerprint density at radius 2 is 1.00 bits per heavy atom. The molecule has 2 aromatic carbocycles. The molecule has 0 N–H and O–H groups in total. The summed E-state index contributed by atoms with van der Waals surface area (Å²) in [4.78, 5) is 4.05. The third-order valence-corrected chi connectivity index (χ3v) is 5.67. The van der Waals surface area contributed by atoms with E-state index < -0.39 is 24.0 Å². The summed E-state index contributed by atoms with van der Waals surface area (Å²) in [5.74, 6) is -0.909. The normalized spacial score (nSPS) is 24.9. The van der Waals surface area contributed by atoms with E-state index in [1.165, 1.54) is 0 Å². The first-order chi connectivity index (χ1) is 12.2. The predicted octanol–water partition coefficient (Wildman–Crippen LogP) is 1.77. The van der Waals surface area contributed by atoms with Gasteiger partial charge in [0.15, 0.2) is 0 Å². The Balaban J connectivity index is 1.86. The molecule has 3 rings (SSSR count). The van der Waals surface area contributed by atoms with Crippen LogP contribution in [0.15, 0.2) is 36.4 Å². The Labute approximate surface area is 156 Å². The van der Waals surface area contributed by atoms with Gasteiger partial charge < -0.3 is 20.0 Å². The maximum atomic E-state index is 13.0. The lowest BCUT2D eigenvalue weighted by Gasteiger charge is -2.62. The molecule has 2 aromatic rings. The van der Waals surface area contributed by atoms with Crippen LogP contribution >= 0.6 is 0 Å². The molecule has 1 aliphatic rings. The second kappa shape index (κ2) is 6.93. The average Bonchev–Trinajstić information content (AvgIpc) is 2.58. The highest BCUT2D eigenvalue weighted by Crippen LogP contribution is 2.47. The lowest BCUT2D eigenvalue weighted by atomic mass is 9.62. The molecule has 0 aliphatic heterocycles. The van der Waals surface area contributed by atoms with Gasteiger partial charge in [0.1, 0.15) is 0 Å². The molecule has 26 heavy (non-hydrogen) atoms. The molecular weight excluding hydrogens is 324 g/mol. The summed E-state index contributed by atoms with van der Waals surface area (Å²) in [6.45, 7) is 3.98. The molecule has 0 amide bonds. The first-order valence-corrected chi connectivity index (χ1v) is 9.09. The first-order valence-electron chi connectivity index (χ1n) is 9.09. The van der Waals surface area contributed by atoms with Crippen LogP contribution in [0.25, 0.3) is 0 Å². The van der Waals surface area contributed by atoms with E-state index in [9.17, 15) is 10.2 Å². The summed E-state index contributed by atoms with van der Waals surface area (Å²) in [5.41, 5.74) is 6.05. The third kappa shape index (κ3) is 3.08. The van der Waals surface area contributed by atoms with E-state index in [0.29, 0.717) is 0 Å². The molecule has 140 valence electrons. The molecule has 0 atom stereocenters. The van der Waals surface area contributed by atoms with Gasteiger partial charge in [-0.2, -0.15) is 0 Å². The van der Waals surface area contributed by atoms with Crippen LogP contribution in [0.3, 0.4) is 0 Å². The summed E-state index contributed by atoms with van der Waals surface area (Å²) < 4.78 is 0. The summed E-state index contributed by atoms with van der Waals surface area (Å²) in [5, 5.41) is 26.0. The van der Waals surface area contributed by atoms with Crippen molar-refractivity contribution in [3.8, 4) is 0 Å². The molecule has 0 spiro atoms. The van der Waals surface area contributed by atoms with Gasteiger partial charge in [-0.1, -0.05) is 12.1 Å². The Bertz CT molecular complexity index is 725. The molecular formula is C22H28N2O2-2. The Kier molecular flexibility index (Phi) is 5.00. The van der Waals surface area contributed by atoms with Gasteiger partial charge in [-0.05, 0) is 72.2 Å². The lowest BCUT2D eigenvalue weighted by Crippen LogP contribution is -2.63. The van der Waals surface area contributed by atoms with Crippen molar-refractivity contribution in [3.63, 3.8) is 0 Å². The minimum atomic E-state index is -0.884.